The lowest BCUT2D eigenvalue weighted by Gasteiger charge is -2.08. The van der Waals surface area contributed by atoms with E-state index in [2.05, 4.69) is 15.9 Å². The van der Waals surface area contributed by atoms with Gasteiger partial charge in [0.25, 0.3) is 5.69 Å². The van der Waals surface area contributed by atoms with Crippen LogP contribution in [0.1, 0.15) is 12.5 Å². The molecule has 0 saturated heterocycles. The van der Waals surface area contributed by atoms with Crippen LogP contribution < -0.4 is 0 Å². The Morgan fingerprint density at radius 2 is 2.25 bits per heavy atom. The number of nitro groups is 1. The van der Waals surface area contributed by atoms with Gasteiger partial charge in [-0.15, -0.1) is 0 Å². The zero-order chi connectivity index (χ0) is 12.3. The smallest absolute Gasteiger partial charge is 0.306 e. The maximum atomic E-state index is 10.7. The zero-order valence-corrected chi connectivity index (χ0v) is 10.1. The average molecular weight is 288 g/mol. The molecular weight excluding hydrogens is 278 g/mol. The van der Waals surface area contributed by atoms with Gasteiger partial charge >= 0.3 is 5.97 Å². The molecule has 0 bridgehead atoms. The summed E-state index contributed by atoms with van der Waals surface area (Å²) in [6, 6.07) is 4.60. The van der Waals surface area contributed by atoms with Crippen molar-refractivity contribution in [3.05, 3.63) is 38.3 Å². The largest absolute Gasteiger partial charge is 0.481 e. The first kappa shape index (κ1) is 12.6. The lowest BCUT2D eigenvalue weighted by Crippen LogP contribution is -2.12. The van der Waals surface area contributed by atoms with Crippen molar-refractivity contribution in [1.82, 2.24) is 0 Å². The van der Waals surface area contributed by atoms with Crippen molar-refractivity contribution < 1.29 is 14.8 Å². The van der Waals surface area contributed by atoms with Crippen LogP contribution in [0.2, 0.25) is 0 Å². The highest BCUT2D eigenvalue weighted by Crippen LogP contribution is 2.29. The monoisotopic (exact) mass is 287 g/mol. The van der Waals surface area contributed by atoms with E-state index in [9.17, 15) is 14.9 Å². The van der Waals surface area contributed by atoms with E-state index >= 15 is 0 Å². The number of hydrogen-bond donors (Lipinski definition) is 1. The molecule has 0 radical (unpaired) electrons. The SMILES string of the molecule is CC(Cc1cccc([N+](=O)[O-])c1Br)C(=O)O. The first-order chi connectivity index (χ1) is 7.43. The normalized spacial score (nSPS) is 12.1. The molecule has 0 aliphatic rings. The summed E-state index contributed by atoms with van der Waals surface area (Å²) >= 11 is 3.12. The number of halogens is 1. The van der Waals surface area contributed by atoms with Gasteiger partial charge in [-0.1, -0.05) is 19.1 Å². The van der Waals surface area contributed by atoms with Crippen LogP contribution in [0, 0.1) is 16.0 Å². The second-order valence-electron chi connectivity index (χ2n) is 3.45. The van der Waals surface area contributed by atoms with Gasteiger partial charge in [0, 0.05) is 6.07 Å². The summed E-state index contributed by atoms with van der Waals surface area (Å²) in [4.78, 5) is 20.8. The molecule has 0 aliphatic heterocycles. The van der Waals surface area contributed by atoms with Gasteiger partial charge in [0.05, 0.1) is 15.3 Å². The molecule has 86 valence electrons. The van der Waals surface area contributed by atoms with Gasteiger partial charge in [0.1, 0.15) is 0 Å². The van der Waals surface area contributed by atoms with Crippen LogP contribution in [0.15, 0.2) is 22.7 Å². The molecule has 6 heteroatoms. The maximum absolute atomic E-state index is 10.7. The fourth-order valence-corrected chi connectivity index (χ4v) is 1.85. The Hall–Kier alpha value is -1.43. The van der Waals surface area contributed by atoms with E-state index in [1.54, 1.807) is 19.1 Å². The predicted molar refractivity (Wildman–Crippen MR) is 61.3 cm³/mol. The average Bonchev–Trinajstić information content (AvgIpc) is 2.20. The highest BCUT2D eigenvalue weighted by molar-refractivity contribution is 9.10. The van der Waals surface area contributed by atoms with Crippen molar-refractivity contribution in [3.8, 4) is 0 Å². The van der Waals surface area contributed by atoms with Crippen molar-refractivity contribution >= 4 is 27.6 Å². The van der Waals surface area contributed by atoms with Crippen LogP contribution in [-0.4, -0.2) is 16.0 Å². The molecule has 0 amide bonds. The molecule has 0 heterocycles. The first-order valence-corrected chi connectivity index (χ1v) is 5.37. The van der Waals surface area contributed by atoms with Crippen LogP contribution in [0.25, 0.3) is 0 Å². The van der Waals surface area contributed by atoms with E-state index in [0.29, 0.717) is 10.0 Å². The van der Waals surface area contributed by atoms with E-state index in [1.165, 1.54) is 6.07 Å². The summed E-state index contributed by atoms with van der Waals surface area (Å²) in [7, 11) is 0. The molecule has 0 fully saturated rings. The standard InChI is InChI=1S/C10H10BrNO4/c1-6(10(13)14)5-7-3-2-4-8(9(7)11)12(15)16/h2-4,6H,5H2,1H3,(H,13,14). The molecule has 0 aromatic heterocycles. The van der Waals surface area contributed by atoms with Crippen LogP contribution in [0.3, 0.4) is 0 Å². The van der Waals surface area contributed by atoms with Gasteiger partial charge in [-0.05, 0) is 27.9 Å². The molecule has 0 aliphatic carbocycles. The van der Waals surface area contributed by atoms with Crippen molar-refractivity contribution in [2.45, 2.75) is 13.3 Å². The number of carboxylic acid groups (broad SMARTS) is 1. The molecule has 16 heavy (non-hydrogen) atoms. The van der Waals surface area contributed by atoms with E-state index in [1.807, 2.05) is 0 Å². The quantitative estimate of drug-likeness (QED) is 0.682. The number of carbonyl (C=O) groups is 1. The topological polar surface area (TPSA) is 80.4 Å². The minimum absolute atomic E-state index is 0.0462. The van der Waals surface area contributed by atoms with E-state index in [4.69, 9.17) is 5.11 Å². The lowest BCUT2D eigenvalue weighted by molar-refractivity contribution is -0.385. The molecule has 1 aromatic rings. The Kier molecular flexibility index (Phi) is 4.00. The summed E-state index contributed by atoms with van der Waals surface area (Å²) in [5, 5.41) is 19.4. The second kappa shape index (κ2) is 5.07. The number of nitrogens with zero attached hydrogens (tertiary/aromatic N) is 1. The zero-order valence-electron chi connectivity index (χ0n) is 8.51. The van der Waals surface area contributed by atoms with Gasteiger partial charge in [-0.2, -0.15) is 0 Å². The van der Waals surface area contributed by atoms with Crippen molar-refractivity contribution in [2.24, 2.45) is 5.92 Å². The Balaban J connectivity index is 3.02. The molecule has 1 unspecified atom stereocenters. The van der Waals surface area contributed by atoms with E-state index < -0.39 is 16.8 Å². The van der Waals surface area contributed by atoms with Crippen LogP contribution in [0.4, 0.5) is 5.69 Å². The predicted octanol–water partition coefficient (Wildman–Crippen LogP) is 2.62. The lowest BCUT2D eigenvalue weighted by atomic mass is 10.0. The van der Waals surface area contributed by atoms with Gasteiger partial charge in [0.15, 0.2) is 0 Å². The number of hydrogen-bond acceptors (Lipinski definition) is 3. The van der Waals surface area contributed by atoms with Crippen molar-refractivity contribution in [1.29, 1.82) is 0 Å². The number of benzene rings is 1. The minimum atomic E-state index is -0.918. The molecule has 0 spiro atoms. The van der Waals surface area contributed by atoms with Crippen LogP contribution >= 0.6 is 15.9 Å². The summed E-state index contributed by atoms with van der Waals surface area (Å²) in [6.45, 7) is 1.56. The van der Waals surface area contributed by atoms with Gasteiger partial charge in [0.2, 0.25) is 0 Å². The van der Waals surface area contributed by atoms with Gasteiger partial charge < -0.3 is 5.11 Å². The molecule has 0 saturated carbocycles. The minimum Gasteiger partial charge on any atom is -0.481 e. The number of carboxylic acids is 1. The Labute approximate surface area is 100 Å². The number of rotatable bonds is 4. The van der Waals surface area contributed by atoms with Crippen LogP contribution in [-0.2, 0) is 11.2 Å². The summed E-state index contributed by atoms with van der Waals surface area (Å²) in [5.74, 6) is -1.49. The fraction of sp³-hybridized carbons (Fsp3) is 0.300. The maximum Gasteiger partial charge on any atom is 0.306 e. The highest BCUT2D eigenvalue weighted by atomic mass is 79.9. The Bertz CT molecular complexity index is 433. The third kappa shape index (κ3) is 2.79. The molecule has 1 N–H and O–H groups in total. The molecule has 1 aromatic carbocycles. The molecule has 1 rings (SSSR count). The van der Waals surface area contributed by atoms with Crippen molar-refractivity contribution in [2.75, 3.05) is 0 Å². The highest BCUT2D eigenvalue weighted by Gasteiger charge is 2.18. The van der Waals surface area contributed by atoms with Gasteiger partial charge in [-0.3, -0.25) is 14.9 Å². The molecule has 1 atom stereocenters. The Morgan fingerprint density at radius 3 is 2.75 bits per heavy atom. The number of nitro benzene ring substituents is 1. The third-order valence-corrected chi connectivity index (χ3v) is 3.12. The summed E-state index contributed by atoms with van der Waals surface area (Å²) in [6.07, 6.45) is 0.262. The molecular formula is C10H10BrNO4. The summed E-state index contributed by atoms with van der Waals surface area (Å²) < 4.78 is 0.355. The Morgan fingerprint density at radius 1 is 1.62 bits per heavy atom. The van der Waals surface area contributed by atoms with E-state index in [-0.39, 0.29) is 12.1 Å². The van der Waals surface area contributed by atoms with Gasteiger partial charge in [-0.25, -0.2) is 0 Å². The number of aliphatic carboxylic acids is 1. The van der Waals surface area contributed by atoms with Crippen molar-refractivity contribution in [3.63, 3.8) is 0 Å². The first-order valence-electron chi connectivity index (χ1n) is 4.58. The second-order valence-corrected chi connectivity index (χ2v) is 4.24. The fourth-order valence-electron chi connectivity index (χ4n) is 1.28. The summed E-state index contributed by atoms with van der Waals surface area (Å²) in [5.41, 5.74) is 0.583. The third-order valence-electron chi connectivity index (χ3n) is 2.20. The van der Waals surface area contributed by atoms with Crippen LogP contribution in [0.5, 0.6) is 0 Å². The van der Waals surface area contributed by atoms with E-state index in [0.717, 1.165) is 0 Å². The molecule has 5 nitrogen and oxygen atoms in total.